The van der Waals surface area contributed by atoms with Crippen molar-refractivity contribution in [3.05, 3.63) is 28.9 Å². The zero-order chi connectivity index (χ0) is 17.1. The van der Waals surface area contributed by atoms with Gasteiger partial charge in [-0.2, -0.15) is 0 Å². The lowest BCUT2D eigenvalue weighted by Gasteiger charge is -2.14. The molecule has 126 valence electrons. The summed E-state index contributed by atoms with van der Waals surface area (Å²) >= 11 is 6.38. The lowest BCUT2D eigenvalue weighted by molar-refractivity contribution is 0.0947. The summed E-state index contributed by atoms with van der Waals surface area (Å²) in [6.45, 7) is 3.57. The molecule has 0 aliphatic heterocycles. The quantitative estimate of drug-likeness (QED) is 0.665. The highest BCUT2D eigenvalue weighted by Gasteiger charge is 2.19. The summed E-state index contributed by atoms with van der Waals surface area (Å²) in [5, 5.41) is 4.46. The van der Waals surface area contributed by atoms with Gasteiger partial charge in [0.1, 0.15) is 7.85 Å². The minimum atomic E-state index is -0.0388. The second-order valence-corrected chi connectivity index (χ2v) is 7.20. The number of nitrogens with one attached hydrogen (secondary N) is 1. The van der Waals surface area contributed by atoms with Crippen LogP contribution in [-0.2, 0) is 6.54 Å². The van der Waals surface area contributed by atoms with Gasteiger partial charge in [0, 0.05) is 30.2 Å². The van der Waals surface area contributed by atoms with Crippen molar-refractivity contribution in [1.82, 2.24) is 9.88 Å². The van der Waals surface area contributed by atoms with Crippen LogP contribution in [0.2, 0.25) is 5.02 Å². The summed E-state index contributed by atoms with van der Waals surface area (Å²) in [5.41, 5.74) is 2.18. The SMILES string of the molecule is [B]c1cc(Cl)c2c(C(=O)NCC3CCCCCC3)cn(CC)c2c1. The largest absolute Gasteiger partial charge is 0.352 e. The van der Waals surface area contributed by atoms with Crippen molar-refractivity contribution in [3.63, 3.8) is 0 Å². The summed E-state index contributed by atoms with van der Waals surface area (Å²) in [6.07, 6.45) is 9.53. The van der Waals surface area contributed by atoms with Crippen LogP contribution in [-0.4, -0.2) is 24.9 Å². The Hall–Kier alpha value is -1.42. The van der Waals surface area contributed by atoms with Crippen molar-refractivity contribution in [3.8, 4) is 0 Å². The monoisotopic (exact) mass is 342 g/mol. The third-order valence-electron chi connectivity index (χ3n) is 5.07. The van der Waals surface area contributed by atoms with E-state index in [1.165, 1.54) is 38.5 Å². The molecule has 0 bridgehead atoms. The van der Waals surface area contributed by atoms with Crippen LogP contribution in [0.5, 0.6) is 0 Å². The van der Waals surface area contributed by atoms with Gasteiger partial charge in [0.25, 0.3) is 5.91 Å². The molecule has 24 heavy (non-hydrogen) atoms. The maximum atomic E-state index is 12.7. The number of fused-ring (bicyclic) bond motifs is 1. The van der Waals surface area contributed by atoms with Crippen LogP contribution in [0.3, 0.4) is 0 Å². The first-order chi connectivity index (χ1) is 11.6. The molecule has 3 rings (SSSR count). The maximum absolute atomic E-state index is 12.7. The molecule has 1 aromatic carbocycles. The highest BCUT2D eigenvalue weighted by atomic mass is 35.5. The molecule has 0 atom stereocenters. The number of carbonyl (C=O) groups excluding carboxylic acids is 1. The zero-order valence-corrected chi connectivity index (χ0v) is 15.0. The topological polar surface area (TPSA) is 34.0 Å². The highest BCUT2D eigenvalue weighted by molar-refractivity contribution is 6.41. The van der Waals surface area contributed by atoms with Crippen LogP contribution in [0.15, 0.2) is 18.3 Å². The van der Waals surface area contributed by atoms with E-state index in [4.69, 9.17) is 19.4 Å². The Bertz CT molecular complexity index is 733. The standard InChI is InChI=1S/C19H24BClN2O/c1-2-23-12-15(18-16(21)9-14(20)10-17(18)23)19(24)22-11-13-7-5-3-4-6-8-13/h9-10,12-13H,2-8,11H2,1H3,(H,22,24). The fourth-order valence-electron chi connectivity index (χ4n) is 3.73. The van der Waals surface area contributed by atoms with Crippen molar-refractivity contribution in [1.29, 1.82) is 0 Å². The van der Waals surface area contributed by atoms with Gasteiger partial charge >= 0.3 is 0 Å². The molecular weight excluding hydrogens is 318 g/mol. The number of amides is 1. The fraction of sp³-hybridized carbons (Fsp3) is 0.526. The van der Waals surface area contributed by atoms with Crippen LogP contribution in [0.25, 0.3) is 10.9 Å². The number of halogens is 1. The zero-order valence-electron chi connectivity index (χ0n) is 14.3. The van der Waals surface area contributed by atoms with E-state index >= 15 is 0 Å². The van der Waals surface area contributed by atoms with Crippen molar-refractivity contribution < 1.29 is 4.79 Å². The van der Waals surface area contributed by atoms with Crippen molar-refractivity contribution in [2.75, 3.05) is 6.54 Å². The molecular formula is C19H24BClN2O. The number of nitrogens with zero attached hydrogens (tertiary/aromatic N) is 1. The van der Waals surface area contributed by atoms with E-state index in [1.54, 1.807) is 6.07 Å². The number of hydrogen-bond donors (Lipinski definition) is 1. The molecule has 0 unspecified atom stereocenters. The van der Waals surface area contributed by atoms with Gasteiger partial charge in [-0.3, -0.25) is 4.79 Å². The summed E-state index contributed by atoms with van der Waals surface area (Å²) in [4.78, 5) is 12.7. The van der Waals surface area contributed by atoms with Crippen LogP contribution in [0.1, 0.15) is 55.8 Å². The molecule has 2 radical (unpaired) electrons. The van der Waals surface area contributed by atoms with Crippen LogP contribution in [0.4, 0.5) is 0 Å². The second-order valence-electron chi connectivity index (χ2n) is 6.79. The first-order valence-corrected chi connectivity index (χ1v) is 9.34. The smallest absolute Gasteiger partial charge is 0.253 e. The summed E-state index contributed by atoms with van der Waals surface area (Å²) in [5.74, 6) is 0.560. The molecule has 1 N–H and O–H groups in total. The predicted octanol–water partition coefficient (Wildman–Crippen LogP) is 3.81. The first kappa shape index (κ1) is 17.4. The molecule has 0 spiro atoms. The lowest BCUT2D eigenvalue weighted by Crippen LogP contribution is -2.29. The minimum Gasteiger partial charge on any atom is -0.352 e. The Morgan fingerprint density at radius 1 is 1.29 bits per heavy atom. The third-order valence-corrected chi connectivity index (χ3v) is 5.36. The summed E-state index contributed by atoms with van der Waals surface area (Å²) in [7, 11) is 5.91. The fourth-order valence-corrected chi connectivity index (χ4v) is 4.05. The van der Waals surface area contributed by atoms with E-state index < -0.39 is 0 Å². The summed E-state index contributed by atoms with van der Waals surface area (Å²) < 4.78 is 2.03. The molecule has 1 heterocycles. The molecule has 5 heteroatoms. The second kappa shape index (κ2) is 7.65. The van der Waals surface area contributed by atoms with E-state index in [0.717, 1.165) is 24.0 Å². The molecule has 3 nitrogen and oxygen atoms in total. The molecule has 0 saturated heterocycles. The average Bonchev–Trinajstić information content (AvgIpc) is 2.74. The van der Waals surface area contributed by atoms with Gasteiger partial charge in [-0.1, -0.05) is 42.7 Å². The van der Waals surface area contributed by atoms with Gasteiger partial charge < -0.3 is 9.88 Å². The van der Waals surface area contributed by atoms with Gasteiger partial charge in [-0.25, -0.2) is 0 Å². The van der Waals surface area contributed by atoms with Gasteiger partial charge in [0.2, 0.25) is 0 Å². The first-order valence-electron chi connectivity index (χ1n) is 8.96. The van der Waals surface area contributed by atoms with Crippen LogP contribution < -0.4 is 10.8 Å². The predicted molar refractivity (Wildman–Crippen MR) is 102 cm³/mol. The Balaban J connectivity index is 1.81. The van der Waals surface area contributed by atoms with E-state index in [1.807, 2.05) is 23.8 Å². The summed E-state index contributed by atoms with van der Waals surface area (Å²) in [6, 6.07) is 3.60. The van der Waals surface area contributed by atoms with Crippen molar-refractivity contribution in [2.24, 2.45) is 5.92 Å². The van der Waals surface area contributed by atoms with E-state index in [9.17, 15) is 4.79 Å². The Kier molecular flexibility index (Phi) is 5.55. The number of hydrogen-bond acceptors (Lipinski definition) is 1. The van der Waals surface area contributed by atoms with E-state index in [2.05, 4.69) is 5.32 Å². The Labute approximate surface area is 150 Å². The van der Waals surface area contributed by atoms with Gasteiger partial charge in [0.05, 0.1) is 10.6 Å². The number of aryl methyl sites for hydroxylation is 1. The molecule has 2 aromatic rings. The lowest BCUT2D eigenvalue weighted by atomic mass is 9.94. The molecule has 1 aromatic heterocycles. The van der Waals surface area contributed by atoms with Crippen LogP contribution in [0, 0.1) is 5.92 Å². The average molecular weight is 343 g/mol. The maximum Gasteiger partial charge on any atom is 0.253 e. The van der Waals surface area contributed by atoms with E-state index in [-0.39, 0.29) is 5.91 Å². The molecule has 1 aliphatic rings. The Morgan fingerprint density at radius 2 is 2.00 bits per heavy atom. The highest BCUT2D eigenvalue weighted by Crippen LogP contribution is 2.28. The van der Waals surface area contributed by atoms with Gasteiger partial charge in [0.15, 0.2) is 0 Å². The molecule has 1 aliphatic carbocycles. The third kappa shape index (κ3) is 3.64. The normalized spacial score (nSPS) is 16.2. The number of aromatic nitrogens is 1. The number of benzene rings is 1. The number of rotatable bonds is 4. The van der Waals surface area contributed by atoms with Gasteiger partial charge in [-0.05, 0) is 37.8 Å². The van der Waals surface area contributed by atoms with Crippen molar-refractivity contribution >= 4 is 41.7 Å². The minimum absolute atomic E-state index is 0.0388. The molecule has 1 saturated carbocycles. The van der Waals surface area contributed by atoms with Crippen molar-refractivity contribution in [2.45, 2.75) is 52.0 Å². The van der Waals surface area contributed by atoms with Gasteiger partial charge in [-0.15, -0.1) is 0 Å². The number of carbonyl (C=O) groups is 1. The van der Waals surface area contributed by atoms with E-state index in [0.29, 0.717) is 22.0 Å². The molecule has 1 fully saturated rings. The van der Waals surface area contributed by atoms with Crippen LogP contribution >= 0.6 is 11.6 Å². The Morgan fingerprint density at radius 3 is 2.67 bits per heavy atom. The molecule has 1 amide bonds.